The fourth-order valence-corrected chi connectivity index (χ4v) is 2.26. The summed E-state index contributed by atoms with van der Waals surface area (Å²) in [5, 5.41) is 10.0. The van der Waals surface area contributed by atoms with Crippen molar-refractivity contribution >= 4 is 5.97 Å². The van der Waals surface area contributed by atoms with Gasteiger partial charge < -0.3 is 9.84 Å². The molecule has 19 heavy (non-hydrogen) atoms. The number of benzene rings is 1. The highest BCUT2D eigenvalue weighted by atomic mass is 16.5. The van der Waals surface area contributed by atoms with Gasteiger partial charge in [-0.1, -0.05) is 12.5 Å². The molecule has 0 saturated carbocycles. The van der Waals surface area contributed by atoms with Crippen LogP contribution in [0.3, 0.4) is 0 Å². The molecule has 1 aromatic carbocycles. The molecule has 1 unspecified atom stereocenters. The molecular formula is C16H22O3. The molecule has 0 heterocycles. The summed E-state index contributed by atoms with van der Waals surface area (Å²) >= 11 is 0. The third kappa shape index (κ3) is 3.35. The summed E-state index contributed by atoms with van der Waals surface area (Å²) in [6.07, 6.45) is 3.47. The number of rotatable bonds is 1. The van der Waals surface area contributed by atoms with Crippen LogP contribution in [0, 0.1) is 5.41 Å². The number of carbonyl (C=O) groups excluding carboxylic acids is 1. The van der Waals surface area contributed by atoms with Gasteiger partial charge in [0.15, 0.2) is 0 Å². The van der Waals surface area contributed by atoms with Crippen LogP contribution in [0.4, 0.5) is 0 Å². The molecule has 0 bridgehead atoms. The quantitative estimate of drug-likeness (QED) is 0.479. The maximum Gasteiger partial charge on any atom is 0.316 e. The van der Waals surface area contributed by atoms with Crippen LogP contribution in [0.25, 0.3) is 0 Å². The maximum absolute atomic E-state index is 11.9. The minimum atomic E-state index is -0.508. The lowest BCUT2D eigenvalue weighted by molar-refractivity contribution is -0.142. The van der Waals surface area contributed by atoms with Gasteiger partial charge in [0.1, 0.15) is 5.75 Å². The van der Waals surface area contributed by atoms with Gasteiger partial charge >= 0.3 is 5.97 Å². The second-order valence-electron chi connectivity index (χ2n) is 6.26. The van der Waals surface area contributed by atoms with Gasteiger partial charge in [-0.15, -0.1) is 0 Å². The molecular weight excluding hydrogens is 240 g/mol. The van der Waals surface area contributed by atoms with Crippen LogP contribution in [-0.2, 0) is 11.2 Å². The number of carbonyl (C=O) groups is 1. The molecule has 0 aliphatic heterocycles. The topological polar surface area (TPSA) is 46.5 Å². The lowest BCUT2D eigenvalue weighted by atomic mass is 9.97. The number of hydrogen-bond acceptors (Lipinski definition) is 3. The monoisotopic (exact) mass is 262 g/mol. The lowest BCUT2D eigenvalue weighted by Gasteiger charge is -2.18. The molecule has 1 aromatic rings. The molecule has 0 fully saturated rings. The third-order valence-electron chi connectivity index (χ3n) is 3.47. The smallest absolute Gasteiger partial charge is 0.316 e. The van der Waals surface area contributed by atoms with Gasteiger partial charge in [0.2, 0.25) is 0 Å². The number of hydrogen-bond donors (Lipinski definition) is 1. The summed E-state index contributed by atoms with van der Waals surface area (Å²) in [5.74, 6) is 0.342. The Labute approximate surface area is 114 Å². The second kappa shape index (κ2) is 5.33. The van der Waals surface area contributed by atoms with Crippen molar-refractivity contribution in [1.29, 1.82) is 0 Å². The van der Waals surface area contributed by atoms with Crippen LogP contribution >= 0.6 is 0 Å². The highest BCUT2D eigenvalue weighted by Gasteiger charge is 2.24. The molecule has 0 saturated heterocycles. The van der Waals surface area contributed by atoms with Crippen molar-refractivity contribution in [1.82, 2.24) is 0 Å². The van der Waals surface area contributed by atoms with E-state index < -0.39 is 5.41 Å². The number of aryl methyl sites for hydroxylation is 1. The van der Waals surface area contributed by atoms with Gasteiger partial charge in [-0.3, -0.25) is 4.79 Å². The van der Waals surface area contributed by atoms with Crippen molar-refractivity contribution in [2.45, 2.75) is 52.6 Å². The van der Waals surface area contributed by atoms with E-state index in [0.29, 0.717) is 5.75 Å². The summed E-state index contributed by atoms with van der Waals surface area (Å²) < 4.78 is 5.40. The molecule has 104 valence electrons. The Hall–Kier alpha value is -1.35. The molecule has 1 aliphatic carbocycles. The molecule has 3 nitrogen and oxygen atoms in total. The Morgan fingerprint density at radius 3 is 2.74 bits per heavy atom. The van der Waals surface area contributed by atoms with Crippen molar-refractivity contribution in [2.75, 3.05) is 0 Å². The first kappa shape index (κ1) is 14.1. The highest BCUT2D eigenvalue weighted by Crippen LogP contribution is 2.31. The summed E-state index contributed by atoms with van der Waals surface area (Å²) in [6, 6.07) is 5.56. The fourth-order valence-electron chi connectivity index (χ4n) is 2.26. The molecule has 1 atom stereocenters. The molecule has 3 heteroatoms. The minimum Gasteiger partial charge on any atom is -0.426 e. The fraction of sp³-hybridized carbons (Fsp3) is 0.562. The van der Waals surface area contributed by atoms with E-state index in [9.17, 15) is 9.90 Å². The van der Waals surface area contributed by atoms with E-state index in [1.54, 1.807) is 6.07 Å². The zero-order valence-corrected chi connectivity index (χ0v) is 11.9. The Morgan fingerprint density at radius 1 is 1.32 bits per heavy atom. The van der Waals surface area contributed by atoms with Gasteiger partial charge in [0, 0.05) is 0 Å². The number of aliphatic hydroxyl groups is 1. The molecule has 0 radical (unpaired) electrons. The summed E-state index contributed by atoms with van der Waals surface area (Å²) in [6.45, 7) is 5.51. The lowest BCUT2D eigenvalue weighted by Crippen LogP contribution is -2.25. The first-order valence-corrected chi connectivity index (χ1v) is 6.91. The Bertz CT molecular complexity index is 471. The van der Waals surface area contributed by atoms with Crippen LogP contribution in [0.15, 0.2) is 18.2 Å². The zero-order valence-electron chi connectivity index (χ0n) is 11.9. The van der Waals surface area contributed by atoms with Crippen molar-refractivity contribution in [3.8, 4) is 5.75 Å². The van der Waals surface area contributed by atoms with Crippen LogP contribution in [0.2, 0.25) is 0 Å². The van der Waals surface area contributed by atoms with Crippen molar-refractivity contribution < 1.29 is 14.6 Å². The van der Waals surface area contributed by atoms with Crippen molar-refractivity contribution in [3.63, 3.8) is 0 Å². The van der Waals surface area contributed by atoms with Gasteiger partial charge in [-0.2, -0.15) is 0 Å². The third-order valence-corrected chi connectivity index (χ3v) is 3.47. The minimum absolute atomic E-state index is 0.235. The number of aliphatic hydroxyl groups excluding tert-OH is 1. The van der Waals surface area contributed by atoms with Gasteiger partial charge in [0.05, 0.1) is 11.5 Å². The first-order chi connectivity index (χ1) is 8.88. The van der Waals surface area contributed by atoms with Crippen LogP contribution in [0.5, 0.6) is 5.75 Å². The van der Waals surface area contributed by atoms with Crippen molar-refractivity contribution in [3.05, 3.63) is 29.3 Å². The first-order valence-electron chi connectivity index (χ1n) is 6.91. The summed E-state index contributed by atoms with van der Waals surface area (Å²) in [7, 11) is 0. The van der Waals surface area contributed by atoms with Crippen LogP contribution in [-0.4, -0.2) is 11.1 Å². The molecule has 0 aromatic heterocycles. The normalized spacial score (nSPS) is 19.5. The molecule has 2 rings (SSSR count). The second-order valence-corrected chi connectivity index (χ2v) is 6.26. The molecule has 0 spiro atoms. The van der Waals surface area contributed by atoms with E-state index in [-0.39, 0.29) is 12.1 Å². The SMILES string of the molecule is CC(C)(C)C(=O)Oc1ccc2c(c1)CCCCC2O. The number of ether oxygens (including phenoxy) is 1. The van der Waals surface area contributed by atoms with Crippen molar-refractivity contribution in [2.24, 2.45) is 5.41 Å². The van der Waals surface area contributed by atoms with E-state index in [0.717, 1.165) is 36.8 Å². The largest absolute Gasteiger partial charge is 0.426 e. The van der Waals surface area contributed by atoms with Crippen LogP contribution in [0.1, 0.15) is 57.3 Å². The van der Waals surface area contributed by atoms with Gasteiger partial charge in [-0.25, -0.2) is 0 Å². The number of fused-ring (bicyclic) bond motifs is 1. The molecule has 0 amide bonds. The average molecular weight is 262 g/mol. The molecule has 1 N–H and O–H groups in total. The van der Waals surface area contributed by atoms with E-state index in [1.165, 1.54) is 0 Å². The molecule has 1 aliphatic rings. The zero-order chi connectivity index (χ0) is 14.0. The summed E-state index contributed by atoms with van der Waals surface area (Å²) in [4.78, 5) is 11.9. The Balaban J connectivity index is 2.21. The predicted octanol–water partition coefficient (Wildman–Crippen LogP) is 3.40. The van der Waals surface area contributed by atoms with E-state index in [4.69, 9.17) is 4.74 Å². The van der Waals surface area contributed by atoms with E-state index in [1.807, 2.05) is 32.9 Å². The standard InChI is InChI=1S/C16H22O3/c1-16(2,3)15(18)19-12-8-9-13-11(10-12)6-4-5-7-14(13)17/h8-10,14,17H,4-7H2,1-3H3. The van der Waals surface area contributed by atoms with E-state index >= 15 is 0 Å². The highest BCUT2D eigenvalue weighted by molar-refractivity contribution is 5.77. The van der Waals surface area contributed by atoms with Gasteiger partial charge in [0.25, 0.3) is 0 Å². The Kier molecular flexibility index (Phi) is 3.95. The maximum atomic E-state index is 11.9. The predicted molar refractivity (Wildman–Crippen MR) is 74.0 cm³/mol. The number of esters is 1. The Morgan fingerprint density at radius 2 is 2.05 bits per heavy atom. The van der Waals surface area contributed by atoms with Crippen LogP contribution < -0.4 is 4.74 Å². The van der Waals surface area contributed by atoms with Gasteiger partial charge in [-0.05, 0) is 63.3 Å². The van der Waals surface area contributed by atoms with E-state index in [2.05, 4.69) is 0 Å². The summed E-state index contributed by atoms with van der Waals surface area (Å²) in [5.41, 5.74) is 1.57. The average Bonchev–Trinajstić information content (AvgIpc) is 2.50.